The van der Waals surface area contributed by atoms with Gasteiger partial charge in [0.2, 0.25) is 0 Å². The van der Waals surface area contributed by atoms with Crippen LogP contribution in [0.2, 0.25) is 0 Å². The first-order valence-corrected chi connectivity index (χ1v) is 4.82. The van der Waals surface area contributed by atoms with Gasteiger partial charge in [0.15, 0.2) is 0 Å². The second kappa shape index (κ2) is 4.37. The summed E-state index contributed by atoms with van der Waals surface area (Å²) in [4.78, 5) is 0. The molecule has 0 aliphatic heterocycles. The number of anilines is 3. The molecule has 0 spiro atoms. The summed E-state index contributed by atoms with van der Waals surface area (Å²) in [6, 6.07) is 6.75. The maximum absolute atomic E-state index is 13.0. The summed E-state index contributed by atoms with van der Waals surface area (Å²) in [5, 5.41) is 2.67. The Morgan fingerprint density at radius 2 is 1.18 bits per heavy atom. The van der Waals surface area contributed by atoms with E-state index in [4.69, 9.17) is 5.73 Å². The largest absolute Gasteiger partial charge is 0.399 e. The molecule has 0 heterocycles. The van der Waals surface area contributed by atoms with Crippen LogP contribution in [-0.4, -0.2) is 0 Å². The molecule has 2 rings (SSSR count). The summed E-state index contributed by atoms with van der Waals surface area (Å²) in [7, 11) is 0. The van der Waals surface area contributed by atoms with Gasteiger partial charge in [-0.2, -0.15) is 0 Å². The van der Waals surface area contributed by atoms with Gasteiger partial charge < -0.3 is 11.1 Å². The second-order valence-electron chi connectivity index (χ2n) is 3.56. The van der Waals surface area contributed by atoms with Gasteiger partial charge in [0.1, 0.15) is 17.5 Å². The summed E-state index contributed by atoms with van der Waals surface area (Å²) < 4.78 is 38.8. The molecule has 5 heteroatoms. The van der Waals surface area contributed by atoms with E-state index in [2.05, 4.69) is 5.32 Å². The van der Waals surface area contributed by atoms with Crippen LogP contribution < -0.4 is 11.1 Å². The molecule has 0 bridgehead atoms. The van der Waals surface area contributed by atoms with Crippen LogP contribution in [0, 0.1) is 17.5 Å². The van der Waals surface area contributed by atoms with Crippen molar-refractivity contribution in [2.45, 2.75) is 0 Å². The number of nitrogens with two attached hydrogens (primary N) is 1. The molecule has 0 amide bonds. The van der Waals surface area contributed by atoms with E-state index in [9.17, 15) is 13.2 Å². The number of nitrogen functional groups attached to an aromatic ring is 1. The van der Waals surface area contributed by atoms with Crippen LogP contribution in [0.3, 0.4) is 0 Å². The number of halogens is 3. The van der Waals surface area contributed by atoms with Crippen molar-refractivity contribution in [1.82, 2.24) is 0 Å². The summed E-state index contributed by atoms with van der Waals surface area (Å²) in [6.45, 7) is 0. The average Bonchev–Trinajstić information content (AvgIpc) is 2.13. The Morgan fingerprint density at radius 1 is 0.706 bits per heavy atom. The van der Waals surface area contributed by atoms with Crippen molar-refractivity contribution in [2.24, 2.45) is 0 Å². The molecule has 2 aromatic carbocycles. The van der Waals surface area contributed by atoms with E-state index in [-0.39, 0.29) is 11.4 Å². The van der Waals surface area contributed by atoms with Crippen LogP contribution in [0.25, 0.3) is 0 Å². The predicted molar refractivity (Wildman–Crippen MR) is 60.5 cm³/mol. The summed E-state index contributed by atoms with van der Waals surface area (Å²) >= 11 is 0. The average molecular weight is 238 g/mol. The third-order valence-corrected chi connectivity index (χ3v) is 2.07. The van der Waals surface area contributed by atoms with Gasteiger partial charge in [-0.15, -0.1) is 0 Å². The molecule has 0 aliphatic carbocycles. The number of benzene rings is 2. The lowest BCUT2D eigenvalue weighted by molar-refractivity contribution is 0.584. The Bertz CT molecular complexity index is 465. The van der Waals surface area contributed by atoms with Crippen LogP contribution in [0.5, 0.6) is 0 Å². The van der Waals surface area contributed by atoms with Crippen molar-refractivity contribution in [3.63, 3.8) is 0 Å². The maximum Gasteiger partial charge on any atom is 0.128 e. The van der Waals surface area contributed by atoms with Crippen LogP contribution in [0.4, 0.5) is 30.2 Å². The Kier molecular flexibility index (Phi) is 2.91. The quantitative estimate of drug-likeness (QED) is 0.786. The zero-order chi connectivity index (χ0) is 12.4. The molecule has 0 aliphatic rings. The van der Waals surface area contributed by atoms with Crippen molar-refractivity contribution in [3.8, 4) is 0 Å². The third kappa shape index (κ3) is 2.90. The highest BCUT2D eigenvalue weighted by molar-refractivity contribution is 5.63. The number of hydrogen-bond acceptors (Lipinski definition) is 2. The lowest BCUT2D eigenvalue weighted by Gasteiger charge is -2.07. The van der Waals surface area contributed by atoms with Gasteiger partial charge >= 0.3 is 0 Å². The molecular weight excluding hydrogens is 229 g/mol. The smallest absolute Gasteiger partial charge is 0.128 e. The zero-order valence-electron chi connectivity index (χ0n) is 8.68. The topological polar surface area (TPSA) is 38.0 Å². The Morgan fingerprint density at radius 3 is 1.71 bits per heavy atom. The van der Waals surface area contributed by atoms with Gasteiger partial charge in [0.25, 0.3) is 0 Å². The first-order valence-electron chi connectivity index (χ1n) is 4.82. The Labute approximate surface area is 95.9 Å². The van der Waals surface area contributed by atoms with Crippen molar-refractivity contribution in [1.29, 1.82) is 0 Å². The molecule has 0 saturated heterocycles. The molecule has 2 aromatic rings. The molecule has 3 N–H and O–H groups in total. The fourth-order valence-corrected chi connectivity index (χ4v) is 1.48. The van der Waals surface area contributed by atoms with Gasteiger partial charge in [-0.05, 0) is 30.3 Å². The Hall–Kier alpha value is -2.17. The summed E-state index contributed by atoms with van der Waals surface area (Å²) in [5.74, 6) is -1.95. The minimum Gasteiger partial charge on any atom is -0.399 e. The summed E-state index contributed by atoms with van der Waals surface area (Å²) in [5.41, 5.74) is 6.18. The monoisotopic (exact) mass is 238 g/mol. The van der Waals surface area contributed by atoms with Gasteiger partial charge in [-0.25, -0.2) is 13.2 Å². The Balaban J connectivity index is 2.31. The fourth-order valence-electron chi connectivity index (χ4n) is 1.48. The first-order chi connectivity index (χ1) is 8.02. The molecular formula is C12H9F3N2. The van der Waals surface area contributed by atoms with Crippen molar-refractivity contribution in [3.05, 3.63) is 53.8 Å². The number of hydrogen-bond donors (Lipinski definition) is 2. The van der Waals surface area contributed by atoms with Crippen molar-refractivity contribution >= 4 is 17.1 Å². The lowest BCUT2D eigenvalue weighted by Crippen LogP contribution is -1.95. The van der Waals surface area contributed by atoms with E-state index < -0.39 is 17.5 Å². The second-order valence-corrected chi connectivity index (χ2v) is 3.56. The highest BCUT2D eigenvalue weighted by Gasteiger charge is 2.03. The first kappa shape index (κ1) is 11.3. The van der Waals surface area contributed by atoms with Crippen LogP contribution >= 0.6 is 0 Å². The number of rotatable bonds is 2. The highest BCUT2D eigenvalue weighted by Crippen LogP contribution is 2.21. The molecule has 17 heavy (non-hydrogen) atoms. The minimum absolute atomic E-state index is 0.188. The van der Waals surface area contributed by atoms with Crippen LogP contribution in [-0.2, 0) is 0 Å². The van der Waals surface area contributed by atoms with E-state index in [1.165, 1.54) is 12.1 Å². The molecule has 0 aromatic heterocycles. The standard InChI is InChI=1S/C12H9F3N2/c13-7-1-8(14)4-11(3-7)17-12-5-9(15)2-10(16)6-12/h1-6,17H,16H2. The summed E-state index contributed by atoms with van der Waals surface area (Å²) in [6.07, 6.45) is 0. The van der Waals surface area contributed by atoms with Crippen molar-refractivity contribution < 1.29 is 13.2 Å². The zero-order valence-corrected chi connectivity index (χ0v) is 8.68. The van der Waals surface area contributed by atoms with E-state index in [0.29, 0.717) is 5.69 Å². The predicted octanol–water partition coefficient (Wildman–Crippen LogP) is 3.43. The third-order valence-electron chi connectivity index (χ3n) is 2.07. The molecule has 0 atom stereocenters. The highest BCUT2D eigenvalue weighted by atomic mass is 19.1. The van der Waals surface area contributed by atoms with Crippen LogP contribution in [0.1, 0.15) is 0 Å². The molecule has 0 saturated carbocycles. The molecule has 2 nitrogen and oxygen atoms in total. The van der Waals surface area contributed by atoms with Gasteiger partial charge in [0, 0.05) is 23.1 Å². The van der Waals surface area contributed by atoms with Crippen molar-refractivity contribution in [2.75, 3.05) is 11.1 Å². The van der Waals surface area contributed by atoms with E-state index in [1.807, 2.05) is 0 Å². The van der Waals surface area contributed by atoms with E-state index >= 15 is 0 Å². The van der Waals surface area contributed by atoms with Gasteiger partial charge in [-0.1, -0.05) is 0 Å². The minimum atomic E-state index is -0.711. The van der Waals surface area contributed by atoms with E-state index in [1.54, 1.807) is 0 Å². The molecule has 0 radical (unpaired) electrons. The maximum atomic E-state index is 13.0. The molecule has 0 unspecified atom stereocenters. The lowest BCUT2D eigenvalue weighted by atomic mass is 10.2. The number of nitrogens with one attached hydrogen (secondary N) is 1. The fraction of sp³-hybridized carbons (Fsp3) is 0. The van der Waals surface area contributed by atoms with E-state index in [0.717, 1.165) is 24.3 Å². The normalized spacial score (nSPS) is 10.3. The van der Waals surface area contributed by atoms with Gasteiger partial charge in [0.05, 0.1) is 0 Å². The van der Waals surface area contributed by atoms with Crippen LogP contribution in [0.15, 0.2) is 36.4 Å². The SMILES string of the molecule is Nc1cc(F)cc(Nc2cc(F)cc(F)c2)c1. The molecule has 88 valence electrons. The molecule has 0 fully saturated rings. The van der Waals surface area contributed by atoms with Gasteiger partial charge in [-0.3, -0.25) is 0 Å².